The lowest BCUT2D eigenvalue weighted by Crippen LogP contribution is -2.26. The molecule has 1 unspecified atom stereocenters. The number of fused-ring (bicyclic) bond motifs is 1. The average molecular weight is 329 g/mol. The van der Waals surface area contributed by atoms with Crippen molar-refractivity contribution in [3.8, 4) is 0 Å². The second kappa shape index (κ2) is 6.76. The maximum atomic E-state index is 12.7. The molecule has 1 aliphatic rings. The van der Waals surface area contributed by atoms with Crippen LogP contribution in [-0.4, -0.2) is 12.1 Å². The van der Waals surface area contributed by atoms with Crippen LogP contribution in [0.25, 0.3) is 0 Å². The Morgan fingerprint density at radius 3 is 2.13 bits per heavy atom. The second-order valence-corrected chi connectivity index (χ2v) is 6.95. The molecular weight excluding hydrogens is 308 g/mol. The molecule has 0 aliphatic heterocycles. The number of ether oxygens (including phenoxy) is 1. The van der Waals surface area contributed by atoms with Gasteiger partial charge >= 0.3 is 5.97 Å². The third-order valence-corrected chi connectivity index (χ3v) is 4.70. The summed E-state index contributed by atoms with van der Waals surface area (Å²) in [7, 11) is 0. The molecule has 1 atom stereocenters. The summed E-state index contributed by atoms with van der Waals surface area (Å²) in [6.45, 7) is 4.09. The fourth-order valence-corrected chi connectivity index (χ4v) is 3.43. The van der Waals surface area contributed by atoms with E-state index in [1.54, 1.807) is 0 Å². The van der Waals surface area contributed by atoms with Crippen molar-refractivity contribution < 1.29 is 9.53 Å². The van der Waals surface area contributed by atoms with E-state index in [0.717, 1.165) is 18.4 Å². The molecule has 3 heteroatoms. The van der Waals surface area contributed by atoms with Crippen molar-refractivity contribution in [1.29, 1.82) is 0 Å². The van der Waals surface area contributed by atoms with Crippen LogP contribution in [0.3, 0.4) is 0 Å². The zero-order valence-electron chi connectivity index (χ0n) is 13.5. The van der Waals surface area contributed by atoms with Gasteiger partial charge in [-0.3, -0.25) is 4.79 Å². The molecule has 0 fully saturated rings. The molecule has 0 saturated carbocycles. The first-order valence-electron chi connectivity index (χ1n) is 8.07. The van der Waals surface area contributed by atoms with Gasteiger partial charge in [-0.15, -0.1) is 0 Å². The van der Waals surface area contributed by atoms with Gasteiger partial charge in [-0.05, 0) is 34.7 Å². The van der Waals surface area contributed by atoms with E-state index < -0.39 is 0 Å². The fraction of sp³-hybridized carbons (Fsp3) is 0.350. The van der Waals surface area contributed by atoms with E-state index in [9.17, 15) is 4.79 Å². The number of hydrogen-bond acceptors (Lipinski definition) is 2. The van der Waals surface area contributed by atoms with Crippen molar-refractivity contribution in [1.82, 2.24) is 0 Å². The molecule has 0 spiro atoms. The first-order chi connectivity index (χ1) is 11.0. The van der Waals surface area contributed by atoms with E-state index in [-0.39, 0.29) is 23.9 Å². The van der Waals surface area contributed by atoms with Gasteiger partial charge in [-0.2, -0.15) is 0 Å². The zero-order chi connectivity index (χ0) is 16.4. The number of halogens is 1. The minimum atomic E-state index is -0.254. The fourth-order valence-electron chi connectivity index (χ4n) is 3.30. The van der Waals surface area contributed by atoms with Crippen molar-refractivity contribution in [2.75, 3.05) is 0 Å². The third-order valence-electron chi connectivity index (χ3n) is 4.45. The standard InChI is InChI=1S/C20H21ClO2/c1-13(2)19(14-7-9-17(21)10-8-14)20(22)23-18-11-15-5-3-4-6-16(15)12-18/h3-10,13,18-19H,11-12H2,1-2H3. The summed E-state index contributed by atoms with van der Waals surface area (Å²) in [5, 5.41) is 0.677. The van der Waals surface area contributed by atoms with E-state index in [2.05, 4.69) is 12.1 Å². The molecule has 0 saturated heterocycles. The van der Waals surface area contributed by atoms with Gasteiger partial charge in [-0.1, -0.05) is 61.8 Å². The number of hydrogen-bond donors (Lipinski definition) is 0. The Bertz CT molecular complexity index is 666. The van der Waals surface area contributed by atoms with Crippen molar-refractivity contribution in [3.05, 3.63) is 70.2 Å². The van der Waals surface area contributed by atoms with Gasteiger partial charge in [0, 0.05) is 17.9 Å². The lowest BCUT2D eigenvalue weighted by Gasteiger charge is -2.22. The van der Waals surface area contributed by atoms with Crippen molar-refractivity contribution >= 4 is 17.6 Å². The Balaban J connectivity index is 1.72. The summed E-state index contributed by atoms with van der Waals surface area (Å²) >= 11 is 5.95. The average Bonchev–Trinajstić information content (AvgIpc) is 2.91. The van der Waals surface area contributed by atoms with Crippen LogP contribution >= 0.6 is 11.6 Å². The quantitative estimate of drug-likeness (QED) is 0.754. The number of rotatable bonds is 4. The molecular formula is C20H21ClO2. The molecule has 2 aromatic rings. The smallest absolute Gasteiger partial charge is 0.313 e. The van der Waals surface area contributed by atoms with Crippen LogP contribution in [-0.2, 0) is 22.4 Å². The Kier molecular flexibility index (Phi) is 4.72. The number of carbonyl (C=O) groups is 1. The van der Waals surface area contributed by atoms with Gasteiger partial charge in [0.2, 0.25) is 0 Å². The SMILES string of the molecule is CC(C)C(C(=O)OC1Cc2ccccc2C1)c1ccc(Cl)cc1. The third kappa shape index (κ3) is 3.59. The van der Waals surface area contributed by atoms with Crippen LogP contribution in [0.5, 0.6) is 0 Å². The van der Waals surface area contributed by atoms with E-state index >= 15 is 0 Å². The molecule has 3 rings (SSSR count). The molecule has 2 aromatic carbocycles. The predicted octanol–water partition coefficient (Wildman–Crippen LogP) is 4.79. The summed E-state index contributed by atoms with van der Waals surface area (Å²) in [4.78, 5) is 12.7. The number of carbonyl (C=O) groups excluding carboxylic acids is 1. The zero-order valence-corrected chi connectivity index (χ0v) is 14.2. The van der Waals surface area contributed by atoms with Gasteiger partial charge in [0.25, 0.3) is 0 Å². The van der Waals surface area contributed by atoms with Crippen molar-refractivity contribution in [2.24, 2.45) is 5.92 Å². The number of esters is 1. The van der Waals surface area contributed by atoms with Crippen molar-refractivity contribution in [3.63, 3.8) is 0 Å². The Morgan fingerprint density at radius 1 is 1.04 bits per heavy atom. The second-order valence-electron chi connectivity index (χ2n) is 6.51. The molecule has 0 radical (unpaired) electrons. The maximum Gasteiger partial charge on any atom is 0.313 e. The predicted molar refractivity (Wildman–Crippen MR) is 92.8 cm³/mol. The minimum absolute atomic E-state index is 0.0477. The summed E-state index contributed by atoms with van der Waals surface area (Å²) in [5.74, 6) is -0.219. The highest BCUT2D eigenvalue weighted by Crippen LogP contribution is 2.30. The highest BCUT2D eigenvalue weighted by Gasteiger charge is 2.30. The van der Waals surface area contributed by atoms with Crippen LogP contribution in [0.2, 0.25) is 5.02 Å². The molecule has 0 amide bonds. The molecule has 2 nitrogen and oxygen atoms in total. The van der Waals surface area contributed by atoms with Gasteiger partial charge in [0.15, 0.2) is 0 Å². The highest BCUT2D eigenvalue weighted by molar-refractivity contribution is 6.30. The largest absolute Gasteiger partial charge is 0.461 e. The van der Waals surface area contributed by atoms with Crippen LogP contribution in [0, 0.1) is 5.92 Å². The molecule has 0 bridgehead atoms. The lowest BCUT2D eigenvalue weighted by atomic mass is 9.88. The first-order valence-corrected chi connectivity index (χ1v) is 8.45. The number of benzene rings is 2. The normalized spacial score (nSPS) is 15.5. The van der Waals surface area contributed by atoms with Gasteiger partial charge in [-0.25, -0.2) is 0 Å². The van der Waals surface area contributed by atoms with Gasteiger partial charge < -0.3 is 4.74 Å². The molecule has 0 heterocycles. The minimum Gasteiger partial charge on any atom is -0.461 e. The van der Waals surface area contributed by atoms with Crippen LogP contribution in [0.4, 0.5) is 0 Å². The lowest BCUT2D eigenvalue weighted by molar-refractivity contribution is -0.151. The van der Waals surface area contributed by atoms with Gasteiger partial charge in [0.1, 0.15) is 6.10 Å². The van der Waals surface area contributed by atoms with Crippen LogP contribution in [0.1, 0.15) is 36.5 Å². The Labute approximate surface area is 142 Å². The Hall–Kier alpha value is -1.80. The van der Waals surface area contributed by atoms with Crippen LogP contribution in [0.15, 0.2) is 48.5 Å². The molecule has 0 aromatic heterocycles. The molecule has 0 N–H and O–H groups in total. The van der Waals surface area contributed by atoms with E-state index in [1.807, 2.05) is 50.2 Å². The topological polar surface area (TPSA) is 26.3 Å². The van der Waals surface area contributed by atoms with E-state index in [0.29, 0.717) is 5.02 Å². The van der Waals surface area contributed by atoms with Crippen molar-refractivity contribution in [2.45, 2.75) is 38.7 Å². The maximum absolute atomic E-state index is 12.7. The summed E-state index contributed by atoms with van der Waals surface area (Å²) in [6.07, 6.45) is 1.58. The van der Waals surface area contributed by atoms with E-state index in [4.69, 9.17) is 16.3 Å². The summed E-state index contributed by atoms with van der Waals surface area (Å²) in [5.41, 5.74) is 3.54. The van der Waals surface area contributed by atoms with Crippen LogP contribution < -0.4 is 0 Å². The van der Waals surface area contributed by atoms with Gasteiger partial charge in [0.05, 0.1) is 5.92 Å². The summed E-state index contributed by atoms with van der Waals surface area (Å²) in [6, 6.07) is 15.8. The molecule has 23 heavy (non-hydrogen) atoms. The van der Waals surface area contributed by atoms with E-state index in [1.165, 1.54) is 11.1 Å². The molecule has 1 aliphatic carbocycles. The first kappa shape index (κ1) is 16.1. The molecule has 120 valence electrons. The Morgan fingerprint density at radius 2 is 1.61 bits per heavy atom. The monoisotopic (exact) mass is 328 g/mol. The summed E-state index contributed by atoms with van der Waals surface area (Å²) < 4.78 is 5.83. The highest BCUT2D eigenvalue weighted by atomic mass is 35.5.